The molecule has 8 fully saturated rings. The zero-order valence-corrected chi connectivity index (χ0v) is 79.6. The molecule has 0 spiro atoms. The SMILES string of the molecule is CC(C)CCC[C@@H](C)[C@H]1CC[C@H]2[C@@H]3CC[C@H]4C[C@@H](OCc5cn(CCCO[C@@H]6O[C@H](COS(=O)(=O)[O-])[C@@H](O[C@H]7O[C@H](COS(=O)(=O)[O-])[C@@H](O[C@H]8O[C@H](COS(=O)(=O)[O-])[C@@H](O[C@H]9O[C@H](COS(=O)(=O)[O-])[C@@H](OS(=O)(=O)[O-])[C@H](OS(=O)(=O)[O-])[C@H]9OS(=O)(=O)[O-])[C@H](OS(=O)(=O)[O-])[C@H]8OS(=O)(=O)[O-])[C@H](OS(=O)(=O)[O-])[C@H]7OS(=O)(=O)[O-])[C@H](OS(=O)(=O)[O-])[C@H]6OS(=O)(=O)[O-])nn5)CC[C@]4(C)[C@H]3CC[C@]12C. The Bertz CT molecular complexity index is 5800. The second-order valence-electron chi connectivity index (χ2n) is 32.6. The standard InChI is InChI=1S/C57H97N3O61S13/c1-27(2)8-6-9-28(3)33-12-13-34-32-11-10-29-20-31(14-16-56(29,4)35(32)15-17-57(33,34)5)101-22-30-21-60(59-58-30)18-7-19-100-52-48(118-131(88,89)90)44(114-127(76,77)78)40(36(106-52)23-102-122(61,62)63)110-53-49(119-132(91,92)93)45(115-128(79,80)81)41(37(107-53)24-103-123(64,65)66)111-54-50(120-133(94,95)96)46(116-129(82,83)84)42(38(108-54)25-104-124(67,68)69)112-55-51(121-134(97,98)99)47(117-130(85,86)87)43(113-126(73,74)75)39(109-55)26-105-125(70,71)72/h21,27-29,31-55H,6-20,22-26H2,1-5H3,(H,61,62,63)(H,64,65,66)(H,67,68,69)(H,70,71,72)(H,73,74,75)(H,76,77,78)(H,79,80,81)(H,82,83,84)(H,85,86,87)(H,88,89,90)(H,91,92,93)(H,94,95,96)(H,97,98,99)/p-13/t28-,29+,31+,32+,33-,34+,35+,36-,37-,38-,39-,40-,41-,42-,43-,44+,45+,46+,47+,48-,49-,50-,51-,52-,53-,54-,55-,56+,57-/m1/s1. The molecular formula is C57H84N3O61S13-13. The highest BCUT2D eigenvalue weighted by molar-refractivity contribution is 7.83. The fourth-order valence-electron chi connectivity index (χ4n) is 18.8. The molecule has 4 saturated carbocycles. The van der Waals surface area contributed by atoms with Crippen molar-refractivity contribution in [2.24, 2.45) is 52.3 Å². The number of hydrogen-bond acceptors (Lipinski definition) is 63. The van der Waals surface area contributed by atoms with E-state index < -0.39 is 297 Å². The molecule has 4 aliphatic heterocycles. The average Bonchev–Trinajstić information content (AvgIpc) is 1.49. The van der Waals surface area contributed by atoms with Crippen LogP contribution in [0.5, 0.6) is 0 Å². The molecule has 0 bridgehead atoms. The van der Waals surface area contributed by atoms with Crippen molar-refractivity contribution in [3.63, 3.8) is 0 Å². The molecule has 29 atom stereocenters. The smallest absolute Gasteiger partial charge is 0.218 e. The lowest BCUT2D eigenvalue weighted by Crippen LogP contribution is -2.69. The minimum absolute atomic E-state index is 0.0604. The number of rotatable bonds is 49. The van der Waals surface area contributed by atoms with Crippen molar-refractivity contribution in [3.8, 4) is 0 Å². The van der Waals surface area contributed by atoms with Crippen LogP contribution < -0.4 is 0 Å². The van der Waals surface area contributed by atoms with Gasteiger partial charge in [0.1, 0.15) is 78.9 Å². The molecule has 0 amide bonds. The number of aryl methyl sites for hydroxylation is 1. The number of hydrogen-bond donors (Lipinski definition) is 0. The molecule has 5 heterocycles. The van der Waals surface area contributed by atoms with Gasteiger partial charge in [0.05, 0.1) is 51.9 Å². The van der Waals surface area contributed by atoms with Crippen molar-refractivity contribution >= 4 is 135 Å². The van der Waals surface area contributed by atoms with Crippen LogP contribution in [-0.2, 0) is 245 Å². The Hall–Kier alpha value is -2.91. The third-order valence-electron chi connectivity index (χ3n) is 23.5. The second-order valence-corrected chi connectivity index (χ2v) is 45.8. The highest BCUT2D eigenvalue weighted by Gasteiger charge is 2.64. The van der Waals surface area contributed by atoms with E-state index in [9.17, 15) is 169 Å². The van der Waals surface area contributed by atoms with Crippen molar-refractivity contribution in [1.82, 2.24) is 15.0 Å². The first-order valence-corrected chi connectivity index (χ1v) is 56.1. The molecular weight excluding hydrogens is 2120 g/mol. The molecule has 8 aliphatic rings. The lowest BCUT2D eigenvalue weighted by atomic mass is 9.44. The topological polar surface area (TPSA) is 977 Å². The van der Waals surface area contributed by atoms with Crippen LogP contribution in [0, 0.1) is 52.3 Å². The van der Waals surface area contributed by atoms with Gasteiger partial charge >= 0.3 is 0 Å². The van der Waals surface area contributed by atoms with Crippen LogP contribution in [0.2, 0.25) is 0 Å². The Morgan fingerprint density at radius 1 is 0.373 bits per heavy atom. The minimum Gasteiger partial charge on any atom is -0.726 e. The summed E-state index contributed by atoms with van der Waals surface area (Å²) >= 11 is 0. The quantitative estimate of drug-likeness (QED) is 0.0332. The van der Waals surface area contributed by atoms with Crippen molar-refractivity contribution in [2.45, 2.75) is 260 Å². The van der Waals surface area contributed by atoms with Crippen molar-refractivity contribution < 1.29 is 266 Å². The van der Waals surface area contributed by atoms with Crippen LogP contribution in [0.4, 0.5) is 0 Å². The van der Waals surface area contributed by atoms with Gasteiger partial charge < -0.3 is 102 Å². The van der Waals surface area contributed by atoms with Gasteiger partial charge in [-0.1, -0.05) is 59.1 Å². The third kappa shape index (κ3) is 34.7. The molecule has 134 heavy (non-hydrogen) atoms. The van der Waals surface area contributed by atoms with E-state index in [1.54, 1.807) is 0 Å². The maximum atomic E-state index is 13.0. The van der Waals surface area contributed by atoms with E-state index in [4.69, 9.17) is 42.6 Å². The van der Waals surface area contributed by atoms with Gasteiger partial charge in [-0.15, -0.1) is 5.10 Å². The molecule has 1 aromatic rings. The van der Waals surface area contributed by atoms with Gasteiger partial charge in [0, 0.05) is 6.54 Å². The Labute approximate surface area is 768 Å². The summed E-state index contributed by atoms with van der Waals surface area (Å²) in [5.74, 6) is 4.13. The number of nitrogens with zero attached hydrogens (tertiary/aromatic N) is 3. The molecule has 0 aromatic carbocycles. The summed E-state index contributed by atoms with van der Waals surface area (Å²) in [5, 5.41) is 8.14. The fraction of sp³-hybridized carbons (Fsp3) is 0.965. The lowest BCUT2D eigenvalue weighted by Gasteiger charge is -2.61. The molecule has 4 aliphatic carbocycles. The highest BCUT2D eigenvalue weighted by Crippen LogP contribution is 2.69. The zero-order chi connectivity index (χ0) is 101. The van der Waals surface area contributed by atoms with E-state index in [1.807, 2.05) is 0 Å². The van der Waals surface area contributed by atoms with Crippen molar-refractivity contribution in [2.75, 3.05) is 33.0 Å². The van der Waals surface area contributed by atoms with Gasteiger partial charge in [-0.3, -0.25) is 59.1 Å². The molecule has 9 rings (SSSR count). The molecule has 4 saturated heterocycles. The van der Waals surface area contributed by atoms with Gasteiger partial charge in [0.2, 0.25) is 135 Å². The highest BCUT2D eigenvalue weighted by atomic mass is 32.3. The Kier molecular flexibility index (Phi) is 37.6. The summed E-state index contributed by atoms with van der Waals surface area (Å²) in [5.41, 5.74) is 0.638. The first-order chi connectivity index (χ1) is 60.9. The predicted octanol–water partition coefficient (Wildman–Crippen LogP) is -7.74. The molecule has 0 unspecified atom stereocenters. The monoisotopic (exact) mass is 2200 g/mol. The van der Waals surface area contributed by atoms with Crippen molar-refractivity contribution in [3.05, 3.63) is 11.9 Å². The number of fused-ring (bicyclic) bond motifs is 5. The second kappa shape index (κ2) is 44.0. The van der Waals surface area contributed by atoms with Crippen LogP contribution >= 0.6 is 0 Å². The predicted molar refractivity (Wildman–Crippen MR) is 395 cm³/mol. The van der Waals surface area contributed by atoms with E-state index in [0.29, 0.717) is 41.4 Å². The molecule has 64 nitrogen and oxygen atoms in total. The Balaban J connectivity index is 1.04. The van der Waals surface area contributed by atoms with E-state index in [-0.39, 0.29) is 35.8 Å². The fourth-order valence-corrected chi connectivity index (χ4v) is 24.4. The van der Waals surface area contributed by atoms with Crippen LogP contribution in [0.15, 0.2) is 6.20 Å². The summed E-state index contributed by atoms with van der Waals surface area (Å²) in [7, 11) is -88.1. The van der Waals surface area contributed by atoms with Gasteiger partial charge in [0.25, 0.3) is 0 Å². The van der Waals surface area contributed by atoms with E-state index in [2.05, 4.69) is 99.3 Å². The molecule has 1 aromatic heterocycles. The first-order valence-electron chi connectivity index (χ1n) is 38.8. The van der Waals surface area contributed by atoms with Gasteiger partial charge in [-0.2, -0.15) is 0 Å². The van der Waals surface area contributed by atoms with Crippen LogP contribution in [0.25, 0.3) is 0 Å². The van der Waals surface area contributed by atoms with Crippen molar-refractivity contribution in [1.29, 1.82) is 0 Å². The summed E-state index contributed by atoms with van der Waals surface area (Å²) in [6, 6.07) is 0. The molecule has 784 valence electrons. The largest absolute Gasteiger partial charge is 0.726 e. The van der Waals surface area contributed by atoms with E-state index in [1.165, 1.54) is 49.4 Å². The van der Waals surface area contributed by atoms with Crippen LogP contribution in [0.1, 0.15) is 124 Å². The molecule has 77 heteroatoms. The minimum atomic E-state index is -7.14. The summed E-state index contributed by atoms with van der Waals surface area (Å²) < 4.78 is 589. The first kappa shape index (κ1) is 115. The van der Waals surface area contributed by atoms with E-state index >= 15 is 0 Å². The molecule has 0 radical (unpaired) electrons. The average molecular weight is 2200 g/mol. The van der Waals surface area contributed by atoms with Gasteiger partial charge in [-0.05, 0) is 116 Å². The Morgan fingerprint density at radius 2 is 0.709 bits per heavy atom. The number of ether oxygens (including phenoxy) is 9. The van der Waals surface area contributed by atoms with Crippen LogP contribution in [-0.4, -0.2) is 346 Å². The van der Waals surface area contributed by atoms with Gasteiger partial charge in [0.15, 0.2) is 49.6 Å². The third-order valence-corrected chi connectivity index (χ3v) is 29.3. The van der Waals surface area contributed by atoms with Gasteiger partial charge in [-0.25, -0.2) is 109 Å². The van der Waals surface area contributed by atoms with E-state index in [0.717, 1.165) is 38.5 Å². The zero-order valence-electron chi connectivity index (χ0n) is 68.9. The summed E-state index contributed by atoms with van der Waals surface area (Å²) in [6.07, 6.45) is -61.1. The lowest BCUT2D eigenvalue weighted by molar-refractivity contribution is -0.379. The number of aromatic nitrogens is 3. The molecule has 0 N–H and O–H groups in total. The van der Waals surface area contributed by atoms with Crippen LogP contribution in [0.3, 0.4) is 0 Å². The maximum Gasteiger partial charge on any atom is 0.218 e. The summed E-state index contributed by atoms with van der Waals surface area (Å²) in [4.78, 5) is 0. The Morgan fingerprint density at radius 3 is 1.08 bits per heavy atom. The maximum absolute atomic E-state index is 13.0. The normalized spacial score (nSPS) is 35.2. The summed E-state index contributed by atoms with van der Waals surface area (Å²) in [6.45, 7) is 0.909.